The fourth-order valence-electron chi connectivity index (χ4n) is 2.82. The normalized spacial score (nSPS) is 20.0. The van der Waals surface area contributed by atoms with Crippen LogP contribution in [-0.4, -0.2) is 30.4 Å². The highest BCUT2D eigenvalue weighted by Crippen LogP contribution is 2.24. The van der Waals surface area contributed by atoms with Gasteiger partial charge in [-0.25, -0.2) is 0 Å². The average Bonchev–Trinajstić information content (AvgIpc) is 2.68. The molecule has 4 nitrogen and oxygen atoms in total. The highest BCUT2D eigenvalue weighted by atomic mass is 35.5. The van der Waals surface area contributed by atoms with E-state index in [0.29, 0.717) is 22.9 Å². The predicted octanol–water partition coefficient (Wildman–Crippen LogP) is 3.37. The highest BCUT2D eigenvalue weighted by molar-refractivity contribution is 6.33. The number of nitrogen functional groups attached to an aromatic ring is 1. The number of rotatable bonds is 4. The molecule has 116 valence electrons. The predicted molar refractivity (Wildman–Crippen MR) is 88.6 cm³/mol. The van der Waals surface area contributed by atoms with Crippen molar-refractivity contribution in [2.75, 3.05) is 30.7 Å². The van der Waals surface area contributed by atoms with Crippen molar-refractivity contribution < 1.29 is 4.79 Å². The van der Waals surface area contributed by atoms with Gasteiger partial charge in [0.05, 0.1) is 17.3 Å². The lowest BCUT2D eigenvalue weighted by Gasteiger charge is -2.19. The molecule has 1 unspecified atom stereocenters. The Hall–Kier alpha value is -1.26. The summed E-state index contributed by atoms with van der Waals surface area (Å²) in [5.74, 6) is 0.777. The van der Waals surface area contributed by atoms with E-state index in [1.165, 1.54) is 25.7 Å². The van der Waals surface area contributed by atoms with Crippen molar-refractivity contribution in [1.82, 2.24) is 4.90 Å². The molecule has 0 saturated carbocycles. The van der Waals surface area contributed by atoms with Gasteiger partial charge in [-0.1, -0.05) is 24.9 Å². The van der Waals surface area contributed by atoms with E-state index in [-0.39, 0.29) is 5.91 Å². The van der Waals surface area contributed by atoms with Gasteiger partial charge in [-0.15, -0.1) is 0 Å². The lowest BCUT2D eigenvalue weighted by atomic mass is 9.98. The van der Waals surface area contributed by atoms with E-state index in [9.17, 15) is 4.79 Å². The van der Waals surface area contributed by atoms with Gasteiger partial charge in [0.1, 0.15) is 0 Å². The average molecular weight is 310 g/mol. The van der Waals surface area contributed by atoms with E-state index in [0.717, 1.165) is 19.0 Å². The molecule has 1 saturated heterocycles. The number of nitrogens with one attached hydrogen (secondary N) is 1. The van der Waals surface area contributed by atoms with Gasteiger partial charge in [0, 0.05) is 5.69 Å². The van der Waals surface area contributed by atoms with E-state index < -0.39 is 0 Å². The van der Waals surface area contributed by atoms with Gasteiger partial charge >= 0.3 is 0 Å². The molecule has 5 heteroatoms. The van der Waals surface area contributed by atoms with Gasteiger partial charge in [-0.2, -0.15) is 0 Å². The van der Waals surface area contributed by atoms with E-state index in [4.69, 9.17) is 17.3 Å². The molecule has 0 bridgehead atoms. The van der Waals surface area contributed by atoms with Crippen LogP contribution in [0.1, 0.15) is 32.6 Å². The summed E-state index contributed by atoms with van der Waals surface area (Å²) < 4.78 is 0. The summed E-state index contributed by atoms with van der Waals surface area (Å²) in [6, 6.07) is 5.11. The Morgan fingerprint density at radius 1 is 1.43 bits per heavy atom. The maximum Gasteiger partial charge on any atom is 0.238 e. The molecule has 1 aliphatic heterocycles. The minimum absolute atomic E-state index is 0.0301. The zero-order chi connectivity index (χ0) is 15.2. The second-order valence-corrected chi connectivity index (χ2v) is 6.18. The lowest BCUT2D eigenvalue weighted by Crippen LogP contribution is -2.34. The molecule has 1 aromatic rings. The van der Waals surface area contributed by atoms with E-state index in [1.807, 2.05) is 0 Å². The van der Waals surface area contributed by atoms with Crippen molar-refractivity contribution in [1.29, 1.82) is 0 Å². The van der Waals surface area contributed by atoms with Crippen molar-refractivity contribution in [3.63, 3.8) is 0 Å². The molecule has 21 heavy (non-hydrogen) atoms. The van der Waals surface area contributed by atoms with Gasteiger partial charge in [0.15, 0.2) is 0 Å². The first-order chi connectivity index (χ1) is 10.1. The Bertz CT molecular complexity index is 492. The third kappa shape index (κ3) is 4.90. The summed E-state index contributed by atoms with van der Waals surface area (Å²) in [7, 11) is 0. The summed E-state index contributed by atoms with van der Waals surface area (Å²) in [6.07, 6.45) is 4.86. The first-order valence-electron chi connectivity index (χ1n) is 7.65. The number of anilines is 2. The van der Waals surface area contributed by atoms with Crippen molar-refractivity contribution in [3.05, 3.63) is 23.2 Å². The van der Waals surface area contributed by atoms with Crippen molar-refractivity contribution in [2.45, 2.75) is 32.6 Å². The minimum atomic E-state index is -0.0301. The molecule has 1 heterocycles. The van der Waals surface area contributed by atoms with Crippen LogP contribution in [0.4, 0.5) is 11.4 Å². The summed E-state index contributed by atoms with van der Waals surface area (Å²) in [5.41, 5.74) is 6.90. The molecule has 1 amide bonds. The molecule has 0 radical (unpaired) electrons. The second-order valence-electron chi connectivity index (χ2n) is 5.77. The van der Waals surface area contributed by atoms with Gasteiger partial charge in [0.2, 0.25) is 5.91 Å². The number of benzene rings is 1. The van der Waals surface area contributed by atoms with Crippen LogP contribution < -0.4 is 11.1 Å². The summed E-state index contributed by atoms with van der Waals surface area (Å²) >= 11 is 6.06. The molecular weight excluding hydrogens is 286 g/mol. The quantitative estimate of drug-likeness (QED) is 0.838. The second kappa shape index (κ2) is 7.66. The van der Waals surface area contributed by atoms with E-state index in [1.54, 1.807) is 18.2 Å². The number of amides is 1. The molecule has 0 aromatic heterocycles. The Morgan fingerprint density at radius 3 is 3.00 bits per heavy atom. The van der Waals surface area contributed by atoms with Crippen LogP contribution in [0.25, 0.3) is 0 Å². The van der Waals surface area contributed by atoms with Crippen molar-refractivity contribution in [3.8, 4) is 0 Å². The Kier molecular flexibility index (Phi) is 5.88. The van der Waals surface area contributed by atoms with Crippen LogP contribution in [-0.2, 0) is 4.79 Å². The van der Waals surface area contributed by atoms with Crippen LogP contribution >= 0.6 is 11.6 Å². The lowest BCUT2D eigenvalue weighted by molar-refractivity contribution is -0.117. The number of likely N-dealkylation sites (tertiary alicyclic amines) is 1. The highest BCUT2D eigenvalue weighted by Gasteiger charge is 2.18. The largest absolute Gasteiger partial charge is 0.399 e. The Morgan fingerprint density at radius 2 is 2.24 bits per heavy atom. The van der Waals surface area contributed by atoms with Crippen LogP contribution in [0.3, 0.4) is 0 Å². The van der Waals surface area contributed by atoms with E-state index >= 15 is 0 Å². The van der Waals surface area contributed by atoms with Crippen LogP contribution in [0.15, 0.2) is 18.2 Å². The van der Waals surface area contributed by atoms with Crippen LogP contribution in [0.2, 0.25) is 5.02 Å². The first-order valence-corrected chi connectivity index (χ1v) is 8.03. The zero-order valence-electron chi connectivity index (χ0n) is 12.6. The molecule has 2 rings (SSSR count). The number of hydrogen-bond donors (Lipinski definition) is 2. The van der Waals surface area contributed by atoms with Crippen LogP contribution in [0.5, 0.6) is 0 Å². The smallest absolute Gasteiger partial charge is 0.238 e. The maximum atomic E-state index is 12.2. The SMILES string of the molecule is CCC1CCCN(CC(=O)Nc2cc(N)ccc2Cl)CC1. The monoisotopic (exact) mass is 309 g/mol. The van der Waals surface area contributed by atoms with Gasteiger partial charge in [-0.05, 0) is 56.5 Å². The molecular formula is C16H24ClN3O. The minimum Gasteiger partial charge on any atom is -0.399 e. The summed E-state index contributed by atoms with van der Waals surface area (Å²) in [5, 5.41) is 3.36. The number of hydrogen-bond acceptors (Lipinski definition) is 3. The maximum absolute atomic E-state index is 12.2. The number of nitrogens with two attached hydrogens (primary N) is 1. The molecule has 0 aliphatic carbocycles. The molecule has 0 spiro atoms. The Labute approximate surface area is 131 Å². The van der Waals surface area contributed by atoms with Crippen LogP contribution in [0, 0.1) is 5.92 Å². The van der Waals surface area contributed by atoms with Gasteiger partial charge in [-0.3, -0.25) is 9.69 Å². The number of halogens is 1. The first kappa shape index (κ1) is 16.1. The Balaban J connectivity index is 1.88. The van der Waals surface area contributed by atoms with Crippen molar-refractivity contribution in [2.24, 2.45) is 5.92 Å². The molecule has 1 fully saturated rings. The number of carbonyl (C=O) groups is 1. The van der Waals surface area contributed by atoms with E-state index in [2.05, 4.69) is 17.1 Å². The third-order valence-corrected chi connectivity index (χ3v) is 4.48. The number of nitrogens with zero attached hydrogens (tertiary/aromatic N) is 1. The van der Waals surface area contributed by atoms with Crippen molar-refractivity contribution >= 4 is 28.9 Å². The third-order valence-electron chi connectivity index (χ3n) is 4.15. The molecule has 3 N–H and O–H groups in total. The summed E-state index contributed by atoms with van der Waals surface area (Å²) in [6.45, 7) is 4.65. The number of carbonyl (C=O) groups excluding carboxylic acids is 1. The molecule has 1 aliphatic rings. The molecule has 1 atom stereocenters. The van der Waals surface area contributed by atoms with Gasteiger partial charge < -0.3 is 11.1 Å². The van der Waals surface area contributed by atoms with Gasteiger partial charge in [0.25, 0.3) is 0 Å². The fraction of sp³-hybridized carbons (Fsp3) is 0.562. The fourth-order valence-corrected chi connectivity index (χ4v) is 2.99. The topological polar surface area (TPSA) is 58.4 Å². The zero-order valence-corrected chi connectivity index (χ0v) is 13.3. The summed E-state index contributed by atoms with van der Waals surface area (Å²) in [4.78, 5) is 14.4. The standard InChI is InChI=1S/C16H24ClN3O/c1-2-12-4-3-8-20(9-7-12)11-16(21)19-15-10-13(18)5-6-14(15)17/h5-6,10,12H,2-4,7-9,11,18H2,1H3,(H,19,21). The molecule has 1 aromatic carbocycles.